The van der Waals surface area contributed by atoms with E-state index in [1.54, 1.807) is 0 Å². The normalized spacial score (nSPS) is 10.6. The molecule has 0 amide bonds. The molecule has 0 saturated carbocycles. The summed E-state index contributed by atoms with van der Waals surface area (Å²) in [5, 5.41) is 4.03. The van der Waals surface area contributed by atoms with Crippen molar-refractivity contribution in [1.82, 2.24) is 9.78 Å². The van der Waals surface area contributed by atoms with Gasteiger partial charge in [-0.3, -0.25) is 9.48 Å². The van der Waals surface area contributed by atoms with Crippen molar-refractivity contribution < 1.29 is 18.3 Å². The predicted molar refractivity (Wildman–Crippen MR) is 68.9 cm³/mol. The highest BCUT2D eigenvalue weighted by atomic mass is 19.1. The molecule has 0 aliphatic carbocycles. The van der Waals surface area contributed by atoms with Crippen molar-refractivity contribution in [2.45, 2.75) is 19.9 Å². The Bertz CT molecular complexity index is 638. The van der Waals surface area contributed by atoms with Crippen molar-refractivity contribution in [3.8, 4) is 5.75 Å². The second-order valence-corrected chi connectivity index (χ2v) is 4.24. The second kappa shape index (κ2) is 5.81. The summed E-state index contributed by atoms with van der Waals surface area (Å²) in [7, 11) is 1.39. The molecule has 0 N–H and O–H groups in total. The minimum Gasteiger partial charge on any atom is -0.493 e. The number of hydrogen-bond acceptors (Lipinski definition) is 3. The highest BCUT2D eigenvalue weighted by molar-refractivity contribution is 6.09. The van der Waals surface area contributed by atoms with Gasteiger partial charge in [0.05, 0.1) is 18.9 Å². The molecule has 2 aromatic rings. The minimum atomic E-state index is -0.775. The number of methoxy groups -OCH3 is 1. The van der Waals surface area contributed by atoms with Gasteiger partial charge in [0, 0.05) is 6.54 Å². The van der Waals surface area contributed by atoms with Crippen molar-refractivity contribution in [3.05, 3.63) is 47.3 Å². The van der Waals surface area contributed by atoms with E-state index in [2.05, 4.69) is 5.10 Å². The van der Waals surface area contributed by atoms with Crippen LogP contribution in [0.2, 0.25) is 0 Å². The van der Waals surface area contributed by atoms with Crippen LogP contribution in [0.3, 0.4) is 0 Å². The van der Waals surface area contributed by atoms with E-state index in [1.165, 1.54) is 18.0 Å². The van der Waals surface area contributed by atoms with Crippen molar-refractivity contribution in [2.24, 2.45) is 0 Å². The largest absolute Gasteiger partial charge is 0.493 e. The van der Waals surface area contributed by atoms with Crippen LogP contribution >= 0.6 is 0 Å². The fourth-order valence-electron chi connectivity index (χ4n) is 1.93. The van der Waals surface area contributed by atoms with Crippen LogP contribution in [0.25, 0.3) is 0 Å². The number of nitrogens with zero attached hydrogens (tertiary/aromatic N) is 2. The van der Waals surface area contributed by atoms with Gasteiger partial charge in [0.1, 0.15) is 11.6 Å². The van der Waals surface area contributed by atoms with Gasteiger partial charge in [0.2, 0.25) is 5.78 Å². The minimum absolute atomic E-state index is 0.124. The van der Waals surface area contributed by atoms with Crippen LogP contribution in [-0.2, 0) is 6.54 Å². The van der Waals surface area contributed by atoms with Crippen LogP contribution in [0.5, 0.6) is 5.75 Å². The number of rotatable bonds is 5. The summed E-state index contributed by atoms with van der Waals surface area (Å²) in [5.41, 5.74) is -0.208. The van der Waals surface area contributed by atoms with Crippen LogP contribution in [0, 0.1) is 11.6 Å². The topological polar surface area (TPSA) is 44.1 Å². The molecule has 0 radical (unpaired) electrons. The van der Waals surface area contributed by atoms with E-state index in [-0.39, 0.29) is 17.0 Å². The number of halogens is 2. The molecule has 0 saturated heterocycles. The Kier molecular flexibility index (Phi) is 4.12. The molecule has 1 aromatic heterocycles. The SMILES string of the molecule is CCCn1ncc(OC)c1C(=O)c1cc(F)ccc1F. The molecule has 0 aliphatic rings. The zero-order valence-electron chi connectivity index (χ0n) is 11.2. The van der Waals surface area contributed by atoms with Gasteiger partial charge in [-0.05, 0) is 24.6 Å². The van der Waals surface area contributed by atoms with Gasteiger partial charge >= 0.3 is 0 Å². The molecular formula is C14H14F2N2O2. The van der Waals surface area contributed by atoms with E-state index in [0.29, 0.717) is 6.54 Å². The zero-order chi connectivity index (χ0) is 14.7. The fraction of sp³-hybridized carbons (Fsp3) is 0.286. The fourth-order valence-corrected chi connectivity index (χ4v) is 1.93. The molecule has 0 aliphatic heterocycles. The van der Waals surface area contributed by atoms with E-state index in [9.17, 15) is 13.6 Å². The van der Waals surface area contributed by atoms with Crippen molar-refractivity contribution in [3.63, 3.8) is 0 Å². The molecular weight excluding hydrogens is 266 g/mol. The van der Waals surface area contributed by atoms with Crippen molar-refractivity contribution >= 4 is 5.78 Å². The molecule has 6 heteroatoms. The number of aryl methyl sites for hydroxylation is 1. The number of hydrogen-bond donors (Lipinski definition) is 0. The van der Waals surface area contributed by atoms with Crippen molar-refractivity contribution in [2.75, 3.05) is 7.11 Å². The van der Waals surface area contributed by atoms with Crippen LogP contribution in [0.1, 0.15) is 29.4 Å². The summed E-state index contributed by atoms with van der Waals surface area (Å²) < 4.78 is 33.4. The maximum atomic E-state index is 13.7. The maximum Gasteiger partial charge on any atom is 0.217 e. The maximum absolute atomic E-state index is 13.7. The molecule has 0 unspecified atom stereocenters. The second-order valence-electron chi connectivity index (χ2n) is 4.24. The number of ether oxygens (including phenoxy) is 1. The molecule has 4 nitrogen and oxygen atoms in total. The van der Waals surface area contributed by atoms with Gasteiger partial charge in [-0.15, -0.1) is 0 Å². The summed E-state index contributed by atoms with van der Waals surface area (Å²) >= 11 is 0. The first-order valence-corrected chi connectivity index (χ1v) is 6.18. The van der Waals surface area contributed by atoms with Crippen LogP contribution in [0.4, 0.5) is 8.78 Å². The summed E-state index contributed by atoms with van der Waals surface area (Å²) in [5.74, 6) is -1.85. The van der Waals surface area contributed by atoms with Crippen LogP contribution in [-0.4, -0.2) is 22.7 Å². The standard InChI is InChI=1S/C14H14F2N2O2/c1-3-6-18-13(12(20-2)8-17-18)14(19)10-7-9(15)4-5-11(10)16/h4-5,7-8H,3,6H2,1-2H3. The first-order valence-electron chi connectivity index (χ1n) is 6.18. The molecule has 0 bridgehead atoms. The summed E-state index contributed by atoms with van der Waals surface area (Å²) in [6.07, 6.45) is 2.14. The summed E-state index contributed by atoms with van der Waals surface area (Å²) in [6.45, 7) is 2.41. The Labute approximate surface area is 115 Å². The van der Waals surface area contributed by atoms with Crippen LogP contribution in [0.15, 0.2) is 24.4 Å². The monoisotopic (exact) mass is 280 g/mol. The summed E-state index contributed by atoms with van der Waals surface area (Å²) in [4.78, 5) is 12.4. The highest BCUT2D eigenvalue weighted by Crippen LogP contribution is 2.23. The molecule has 2 rings (SSSR count). The van der Waals surface area contributed by atoms with E-state index in [0.717, 1.165) is 24.6 Å². The lowest BCUT2D eigenvalue weighted by Gasteiger charge is -2.08. The van der Waals surface area contributed by atoms with Gasteiger partial charge in [-0.1, -0.05) is 6.92 Å². The Hall–Kier alpha value is -2.24. The average Bonchev–Trinajstić information content (AvgIpc) is 2.84. The zero-order valence-corrected chi connectivity index (χ0v) is 11.2. The quantitative estimate of drug-likeness (QED) is 0.791. The Morgan fingerprint density at radius 3 is 2.80 bits per heavy atom. The Morgan fingerprint density at radius 1 is 1.40 bits per heavy atom. The molecule has 0 spiro atoms. The predicted octanol–water partition coefficient (Wildman–Crippen LogP) is 2.81. The number of carbonyl (C=O) groups is 1. The number of ketones is 1. The number of carbonyl (C=O) groups excluding carboxylic acids is 1. The highest BCUT2D eigenvalue weighted by Gasteiger charge is 2.23. The van der Waals surface area contributed by atoms with Gasteiger partial charge in [0.25, 0.3) is 0 Å². The molecule has 1 heterocycles. The van der Waals surface area contributed by atoms with Gasteiger partial charge < -0.3 is 4.74 Å². The smallest absolute Gasteiger partial charge is 0.217 e. The third kappa shape index (κ3) is 2.54. The van der Waals surface area contributed by atoms with Crippen molar-refractivity contribution in [1.29, 1.82) is 0 Å². The molecule has 1 aromatic carbocycles. The van der Waals surface area contributed by atoms with Gasteiger partial charge in [-0.2, -0.15) is 5.10 Å². The lowest BCUT2D eigenvalue weighted by molar-refractivity contribution is 0.102. The first-order chi connectivity index (χ1) is 9.58. The average molecular weight is 280 g/mol. The third-order valence-corrected chi connectivity index (χ3v) is 2.85. The van der Waals surface area contributed by atoms with Gasteiger partial charge in [0.15, 0.2) is 11.4 Å². The molecule has 0 atom stereocenters. The lowest BCUT2D eigenvalue weighted by Crippen LogP contribution is -2.14. The first kappa shape index (κ1) is 14.2. The summed E-state index contributed by atoms with van der Waals surface area (Å²) in [6, 6.07) is 2.77. The van der Waals surface area contributed by atoms with E-state index < -0.39 is 17.4 Å². The number of benzene rings is 1. The molecule has 106 valence electrons. The number of aromatic nitrogens is 2. The Morgan fingerprint density at radius 2 is 2.15 bits per heavy atom. The molecule has 0 fully saturated rings. The van der Waals surface area contributed by atoms with Gasteiger partial charge in [-0.25, -0.2) is 8.78 Å². The van der Waals surface area contributed by atoms with E-state index in [1.807, 2.05) is 6.92 Å². The third-order valence-electron chi connectivity index (χ3n) is 2.85. The molecule has 20 heavy (non-hydrogen) atoms. The Balaban J connectivity index is 2.52. The van der Waals surface area contributed by atoms with E-state index in [4.69, 9.17) is 4.74 Å². The lowest BCUT2D eigenvalue weighted by atomic mass is 10.1. The van der Waals surface area contributed by atoms with Crippen LogP contribution < -0.4 is 4.74 Å². The van der Waals surface area contributed by atoms with E-state index >= 15 is 0 Å².